The molecule has 5 atom stereocenters. The van der Waals surface area contributed by atoms with Crippen molar-refractivity contribution in [3.8, 4) is 0 Å². The molecule has 0 aromatic heterocycles. The van der Waals surface area contributed by atoms with Gasteiger partial charge in [0.05, 0.1) is 18.8 Å². The van der Waals surface area contributed by atoms with Gasteiger partial charge in [-0.25, -0.2) is 4.79 Å². The first-order valence-electron chi connectivity index (χ1n) is 9.72. The molecule has 1 heterocycles. The summed E-state index contributed by atoms with van der Waals surface area (Å²) in [5.74, 6) is 1.50. The SMILES string of the molecule is C[C@H](OC(=O)c1ccc2c(c1)COC2)C(=O)N[C@H](C)[C@H]1C[C@H]2CC[C@H]1C2. The highest BCUT2D eigenvalue weighted by Gasteiger charge is 2.42. The molecule has 4 rings (SSSR count). The van der Waals surface area contributed by atoms with E-state index in [1.54, 1.807) is 19.1 Å². The Labute approximate surface area is 154 Å². The van der Waals surface area contributed by atoms with Crippen LogP contribution in [0.15, 0.2) is 18.2 Å². The lowest BCUT2D eigenvalue weighted by molar-refractivity contribution is -0.130. The van der Waals surface area contributed by atoms with E-state index >= 15 is 0 Å². The van der Waals surface area contributed by atoms with Crippen molar-refractivity contribution >= 4 is 11.9 Å². The Kier molecular flexibility index (Phi) is 4.74. The topological polar surface area (TPSA) is 64.6 Å². The lowest BCUT2D eigenvalue weighted by atomic mass is 9.84. The first-order chi connectivity index (χ1) is 12.5. The number of esters is 1. The summed E-state index contributed by atoms with van der Waals surface area (Å²) in [7, 11) is 0. The predicted octanol–water partition coefficient (Wildman–Crippen LogP) is 3.20. The Balaban J connectivity index is 1.31. The highest BCUT2D eigenvalue weighted by molar-refractivity contribution is 5.92. The molecule has 0 spiro atoms. The third kappa shape index (κ3) is 3.37. The second-order valence-electron chi connectivity index (χ2n) is 8.16. The van der Waals surface area contributed by atoms with Crippen LogP contribution in [0.2, 0.25) is 0 Å². The van der Waals surface area contributed by atoms with Crippen LogP contribution >= 0.6 is 0 Å². The Bertz CT molecular complexity index is 716. The molecule has 1 N–H and O–H groups in total. The molecule has 2 fully saturated rings. The van der Waals surface area contributed by atoms with Crippen LogP contribution < -0.4 is 5.32 Å². The van der Waals surface area contributed by atoms with Crippen molar-refractivity contribution in [1.82, 2.24) is 5.32 Å². The molecule has 2 bridgehead atoms. The quantitative estimate of drug-likeness (QED) is 0.822. The third-order valence-corrected chi connectivity index (χ3v) is 6.42. The molecule has 0 unspecified atom stereocenters. The summed E-state index contributed by atoms with van der Waals surface area (Å²) in [4.78, 5) is 24.8. The highest BCUT2D eigenvalue weighted by atomic mass is 16.5. The second-order valence-corrected chi connectivity index (χ2v) is 8.16. The van der Waals surface area contributed by atoms with E-state index in [0.29, 0.717) is 24.7 Å². The summed E-state index contributed by atoms with van der Waals surface area (Å²) in [6.45, 7) is 4.83. The Morgan fingerprint density at radius 1 is 1.15 bits per heavy atom. The van der Waals surface area contributed by atoms with E-state index < -0.39 is 12.1 Å². The maximum absolute atomic E-state index is 12.5. The van der Waals surface area contributed by atoms with Crippen LogP contribution in [0.1, 0.15) is 61.0 Å². The molecule has 0 saturated heterocycles. The van der Waals surface area contributed by atoms with E-state index in [2.05, 4.69) is 12.2 Å². The van der Waals surface area contributed by atoms with Crippen molar-refractivity contribution in [3.63, 3.8) is 0 Å². The van der Waals surface area contributed by atoms with Crippen LogP contribution in [-0.4, -0.2) is 24.0 Å². The van der Waals surface area contributed by atoms with E-state index in [4.69, 9.17) is 9.47 Å². The Morgan fingerprint density at radius 3 is 2.69 bits per heavy atom. The number of hydrogen-bond acceptors (Lipinski definition) is 4. The van der Waals surface area contributed by atoms with Gasteiger partial charge in [-0.2, -0.15) is 0 Å². The zero-order valence-electron chi connectivity index (χ0n) is 15.5. The molecular formula is C21H27NO4. The van der Waals surface area contributed by atoms with Crippen molar-refractivity contribution in [3.05, 3.63) is 34.9 Å². The molecule has 1 aromatic carbocycles. The van der Waals surface area contributed by atoms with Crippen molar-refractivity contribution in [1.29, 1.82) is 0 Å². The molecule has 5 heteroatoms. The third-order valence-electron chi connectivity index (χ3n) is 6.42. The van der Waals surface area contributed by atoms with E-state index in [1.165, 1.54) is 25.7 Å². The minimum atomic E-state index is -0.798. The van der Waals surface area contributed by atoms with Gasteiger partial charge < -0.3 is 14.8 Å². The number of nitrogens with one attached hydrogen (secondary N) is 1. The van der Waals surface area contributed by atoms with E-state index in [9.17, 15) is 9.59 Å². The number of ether oxygens (including phenoxy) is 2. The van der Waals surface area contributed by atoms with Gasteiger partial charge in [-0.05, 0) is 74.1 Å². The van der Waals surface area contributed by atoms with Crippen LogP contribution in [0, 0.1) is 17.8 Å². The van der Waals surface area contributed by atoms with Gasteiger partial charge >= 0.3 is 5.97 Å². The molecule has 5 nitrogen and oxygen atoms in total. The van der Waals surface area contributed by atoms with Crippen molar-refractivity contribution in [2.75, 3.05) is 0 Å². The number of carbonyl (C=O) groups is 2. The van der Waals surface area contributed by atoms with Crippen LogP contribution in [0.25, 0.3) is 0 Å². The molecule has 3 aliphatic rings. The number of fused-ring (bicyclic) bond motifs is 3. The van der Waals surface area contributed by atoms with Gasteiger partial charge in [0.15, 0.2) is 6.10 Å². The average Bonchev–Trinajstić information content (AvgIpc) is 3.36. The fourth-order valence-corrected chi connectivity index (χ4v) is 4.94. The molecule has 26 heavy (non-hydrogen) atoms. The molecule has 1 aliphatic heterocycles. The summed E-state index contributed by atoms with van der Waals surface area (Å²) in [5.41, 5.74) is 2.59. The van der Waals surface area contributed by atoms with Gasteiger partial charge in [-0.15, -0.1) is 0 Å². The average molecular weight is 357 g/mol. The fourth-order valence-electron chi connectivity index (χ4n) is 4.94. The maximum Gasteiger partial charge on any atom is 0.338 e. The molecule has 140 valence electrons. The van der Waals surface area contributed by atoms with Gasteiger partial charge in [0, 0.05) is 6.04 Å². The smallest absolute Gasteiger partial charge is 0.338 e. The van der Waals surface area contributed by atoms with Crippen LogP contribution in [-0.2, 0) is 27.5 Å². The number of hydrogen-bond donors (Lipinski definition) is 1. The number of rotatable bonds is 5. The number of amides is 1. The van der Waals surface area contributed by atoms with Gasteiger partial charge in [-0.1, -0.05) is 12.5 Å². The normalized spacial score (nSPS) is 28.5. The molecular weight excluding hydrogens is 330 g/mol. The first-order valence-corrected chi connectivity index (χ1v) is 9.72. The minimum absolute atomic E-state index is 0.135. The van der Waals surface area contributed by atoms with Gasteiger partial charge in [0.1, 0.15) is 0 Å². The van der Waals surface area contributed by atoms with Crippen LogP contribution in [0.3, 0.4) is 0 Å². The molecule has 0 radical (unpaired) electrons. The summed E-state index contributed by atoms with van der Waals surface area (Å²) in [6, 6.07) is 5.56. The molecule has 1 aromatic rings. The van der Waals surface area contributed by atoms with Gasteiger partial charge in [0.25, 0.3) is 5.91 Å². The zero-order chi connectivity index (χ0) is 18.3. The van der Waals surface area contributed by atoms with Crippen LogP contribution in [0.4, 0.5) is 0 Å². The highest BCUT2D eigenvalue weighted by Crippen LogP contribution is 2.49. The lowest BCUT2D eigenvalue weighted by Gasteiger charge is -2.29. The molecule has 2 aliphatic carbocycles. The maximum atomic E-state index is 12.5. The minimum Gasteiger partial charge on any atom is -0.449 e. The standard InChI is InChI=1S/C21H27NO4/c1-12(19-8-14-3-4-15(19)7-14)22-20(23)13(2)26-21(24)16-5-6-17-10-25-11-18(17)9-16/h5-6,9,12-15,19H,3-4,7-8,10-11H2,1-2H3,(H,22,23)/t12-,13+,14+,15+,19-/m1/s1. The first kappa shape index (κ1) is 17.5. The monoisotopic (exact) mass is 357 g/mol. The second kappa shape index (κ2) is 7.03. The van der Waals surface area contributed by atoms with Crippen molar-refractivity contribution in [2.45, 2.75) is 64.9 Å². The Morgan fingerprint density at radius 2 is 1.96 bits per heavy atom. The van der Waals surface area contributed by atoms with E-state index in [1.807, 2.05) is 6.07 Å². The Hall–Kier alpha value is -1.88. The number of benzene rings is 1. The van der Waals surface area contributed by atoms with Crippen molar-refractivity contribution in [2.24, 2.45) is 17.8 Å². The summed E-state index contributed by atoms with van der Waals surface area (Å²) in [5, 5.41) is 3.07. The molecule has 1 amide bonds. The largest absolute Gasteiger partial charge is 0.449 e. The summed E-state index contributed by atoms with van der Waals surface area (Å²) < 4.78 is 10.8. The van der Waals surface area contributed by atoms with E-state index in [0.717, 1.165) is 23.0 Å². The summed E-state index contributed by atoms with van der Waals surface area (Å²) >= 11 is 0. The molecule has 2 saturated carbocycles. The zero-order valence-corrected chi connectivity index (χ0v) is 15.5. The lowest BCUT2D eigenvalue weighted by Crippen LogP contribution is -2.45. The van der Waals surface area contributed by atoms with Crippen LogP contribution in [0.5, 0.6) is 0 Å². The van der Waals surface area contributed by atoms with E-state index in [-0.39, 0.29) is 11.9 Å². The fraction of sp³-hybridized carbons (Fsp3) is 0.619. The van der Waals surface area contributed by atoms with Gasteiger partial charge in [-0.3, -0.25) is 4.79 Å². The van der Waals surface area contributed by atoms with Gasteiger partial charge in [0.2, 0.25) is 0 Å². The predicted molar refractivity (Wildman–Crippen MR) is 96.4 cm³/mol. The summed E-state index contributed by atoms with van der Waals surface area (Å²) in [6.07, 6.45) is 4.38. The van der Waals surface area contributed by atoms with Crippen molar-refractivity contribution < 1.29 is 19.1 Å². The number of carbonyl (C=O) groups excluding carboxylic acids is 2.